The van der Waals surface area contributed by atoms with E-state index in [2.05, 4.69) is 11.1 Å². The van der Waals surface area contributed by atoms with E-state index >= 15 is 0 Å². The zero-order valence-corrected chi connectivity index (χ0v) is 9.59. The Labute approximate surface area is 97.9 Å². The van der Waals surface area contributed by atoms with Crippen LogP contribution in [0.2, 0.25) is 0 Å². The summed E-state index contributed by atoms with van der Waals surface area (Å²) in [4.78, 5) is 5.87. The Morgan fingerprint density at radius 2 is 2.25 bits per heavy atom. The van der Waals surface area contributed by atoms with Crippen LogP contribution in [0.25, 0.3) is 11.3 Å². The standard InChI is InChI=1S/C12H12N2OS/c13-7-11-14-12-8-3-1-2-4-9(8)15-6-5-10(12)16-11/h1-4H,5-7,13H2. The predicted octanol–water partition coefficient (Wildman–Crippen LogP) is 2.20. The maximum Gasteiger partial charge on any atom is 0.128 e. The molecule has 0 fully saturated rings. The Hall–Kier alpha value is -1.39. The van der Waals surface area contributed by atoms with Crippen molar-refractivity contribution in [3.05, 3.63) is 34.2 Å². The fourth-order valence-corrected chi connectivity index (χ4v) is 2.85. The lowest BCUT2D eigenvalue weighted by molar-refractivity contribution is 0.327. The van der Waals surface area contributed by atoms with Crippen LogP contribution in [0.1, 0.15) is 9.88 Å². The van der Waals surface area contributed by atoms with Crippen LogP contribution >= 0.6 is 11.3 Å². The smallest absolute Gasteiger partial charge is 0.128 e. The number of benzene rings is 1. The molecule has 2 aromatic rings. The van der Waals surface area contributed by atoms with Crippen molar-refractivity contribution in [2.24, 2.45) is 5.73 Å². The second-order valence-corrected chi connectivity index (χ2v) is 4.85. The Bertz CT molecular complexity index is 521. The maximum atomic E-state index is 5.70. The van der Waals surface area contributed by atoms with Gasteiger partial charge in [0.05, 0.1) is 12.3 Å². The second kappa shape index (κ2) is 3.88. The number of aromatic nitrogens is 1. The van der Waals surface area contributed by atoms with Crippen molar-refractivity contribution in [3.8, 4) is 17.0 Å². The van der Waals surface area contributed by atoms with Crippen LogP contribution in [0, 0.1) is 0 Å². The molecule has 0 saturated heterocycles. The highest BCUT2D eigenvalue weighted by Crippen LogP contribution is 2.36. The van der Waals surface area contributed by atoms with E-state index in [1.54, 1.807) is 11.3 Å². The molecule has 2 N–H and O–H groups in total. The lowest BCUT2D eigenvalue weighted by Gasteiger charge is -2.05. The molecule has 2 heterocycles. The van der Waals surface area contributed by atoms with E-state index in [-0.39, 0.29) is 0 Å². The Morgan fingerprint density at radius 1 is 1.38 bits per heavy atom. The number of nitrogens with two attached hydrogens (primary N) is 1. The van der Waals surface area contributed by atoms with Crippen molar-refractivity contribution in [1.82, 2.24) is 4.98 Å². The average molecular weight is 232 g/mol. The van der Waals surface area contributed by atoms with Gasteiger partial charge in [0.15, 0.2) is 0 Å². The highest BCUT2D eigenvalue weighted by molar-refractivity contribution is 7.12. The van der Waals surface area contributed by atoms with E-state index in [0.717, 1.165) is 35.0 Å². The molecule has 1 aliphatic rings. The van der Waals surface area contributed by atoms with Gasteiger partial charge in [-0.05, 0) is 12.1 Å². The van der Waals surface area contributed by atoms with Gasteiger partial charge in [-0.15, -0.1) is 11.3 Å². The van der Waals surface area contributed by atoms with Crippen LogP contribution in [0.3, 0.4) is 0 Å². The minimum Gasteiger partial charge on any atom is -0.493 e. The third kappa shape index (κ3) is 1.50. The summed E-state index contributed by atoms with van der Waals surface area (Å²) in [6, 6.07) is 8.05. The third-order valence-corrected chi connectivity index (χ3v) is 3.78. The lowest BCUT2D eigenvalue weighted by atomic mass is 10.1. The van der Waals surface area contributed by atoms with E-state index < -0.39 is 0 Å². The molecule has 1 aromatic heterocycles. The molecule has 0 unspecified atom stereocenters. The summed E-state index contributed by atoms with van der Waals surface area (Å²) in [5, 5.41) is 1.00. The first-order chi connectivity index (χ1) is 7.88. The molecule has 82 valence electrons. The molecule has 1 aromatic carbocycles. The Morgan fingerprint density at radius 3 is 3.12 bits per heavy atom. The average Bonchev–Trinajstić information content (AvgIpc) is 2.66. The first kappa shape index (κ1) is 9.81. The van der Waals surface area contributed by atoms with Gasteiger partial charge in [-0.1, -0.05) is 12.1 Å². The number of hydrogen-bond acceptors (Lipinski definition) is 4. The third-order valence-electron chi connectivity index (χ3n) is 2.65. The highest BCUT2D eigenvalue weighted by Gasteiger charge is 2.19. The molecule has 0 saturated carbocycles. The van der Waals surface area contributed by atoms with Gasteiger partial charge in [0.2, 0.25) is 0 Å². The van der Waals surface area contributed by atoms with E-state index in [1.165, 1.54) is 4.88 Å². The van der Waals surface area contributed by atoms with Crippen LogP contribution in [0.4, 0.5) is 0 Å². The van der Waals surface area contributed by atoms with Crippen LogP contribution in [0.5, 0.6) is 5.75 Å². The molecular formula is C12H12N2OS. The molecule has 4 heteroatoms. The number of para-hydroxylation sites is 1. The second-order valence-electron chi connectivity index (χ2n) is 3.68. The zero-order chi connectivity index (χ0) is 11.0. The summed E-state index contributed by atoms with van der Waals surface area (Å²) < 4.78 is 5.70. The van der Waals surface area contributed by atoms with Gasteiger partial charge >= 0.3 is 0 Å². The summed E-state index contributed by atoms with van der Waals surface area (Å²) in [6.07, 6.45) is 0.918. The van der Waals surface area contributed by atoms with Crippen LogP contribution in [-0.4, -0.2) is 11.6 Å². The maximum absolute atomic E-state index is 5.70. The predicted molar refractivity (Wildman–Crippen MR) is 64.6 cm³/mol. The first-order valence-electron chi connectivity index (χ1n) is 5.29. The molecule has 0 bridgehead atoms. The van der Waals surface area contributed by atoms with Gasteiger partial charge in [0.1, 0.15) is 10.8 Å². The monoisotopic (exact) mass is 232 g/mol. The van der Waals surface area contributed by atoms with E-state index in [0.29, 0.717) is 6.54 Å². The van der Waals surface area contributed by atoms with Crippen LogP contribution in [0.15, 0.2) is 24.3 Å². The van der Waals surface area contributed by atoms with Crippen molar-refractivity contribution in [2.45, 2.75) is 13.0 Å². The van der Waals surface area contributed by atoms with Crippen molar-refractivity contribution in [3.63, 3.8) is 0 Å². The molecule has 0 radical (unpaired) electrons. The number of ether oxygens (including phenoxy) is 1. The van der Waals surface area contributed by atoms with Gasteiger partial charge < -0.3 is 10.5 Å². The normalized spacial score (nSPS) is 13.6. The SMILES string of the molecule is NCc1nc2c(s1)CCOc1ccccc1-2. The summed E-state index contributed by atoms with van der Waals surface area (Å²) in [5.74, 6) is 0.926. The zero-order valence-electron chi connectivity index (χ0n) is 8.77. The van der Waals surface area contributed by atoms with Gasteiger partial charge in [-0.2, -0.15) is 0 Å². The highest BCUT2D eigenvalue weighted by atomic mass is 32.1. The molecule has 0 atom stereocenters. The molecule has 3 nitrogen and oxygen atoms in total. The van der Waals surface area contributed by atoms with Crippen LogP contribution in [-0.2, 0) is 13.0 Å². The summed E-state index contributed by atoms with van der Waals surface area (Å²) in [6.45, 7) is 1.23. The molecule has 0 amide bonds. The van der Waals surface area contributed by atoms with Gasteiger partial charge in [-0.3, -0.25) is 0 Å². The molecule has 1 aliphatic heterocycles. The molecule has 0 aliphatic carbocycles. The van der Waals surface area contributed by atoms with E-state index in [9.17, 15) is 0 Å². The minimum absolute atomic E-state index is 0.515. The summed E-state index contributed by atoms with van der Waals surface area (Å²) in [5.41, 5.74) is 7.78. The van der Waals surface area contributed by atoms with Gasteiger partial charge in [-0.25, -0.2) is 4.98 Å². The molecule has 16 heavy (non-hydrogen) atoms. The van der Waals surface area contributed by atoms with Gasteiger partial charge in [0.25, 0.3) is 0 Å². The van der Waals surface area contributed by atoms with Gasteiger partial charge in [0, 0.05) is 23.4 Å². The fourth-order valence-electron chi connectivity index (χ4n) is 1.91. The number of nitrogens with zero attached hydrogens (tertiary/aromatic N) is 1. The number of fused-ring (bicyclic) bond motifs is 3. The van der Waals surface area contributed by atoms with Crippen molar-refractivity contribution in [1.29, 1.82) is 0 Å². The lowest BCUT2D eigenvalue weighted by Crippen LogP contribution is -1.98. The van der Waals surface area contributed by atoms with E-state index in [1.807, 2.05) is 18.2 Å². The number of thiazole rings is 1. The number of hydrogen-bond donors (Lipinski definition) is 1. The first-order valence-corrected chi connectivity index (χ1v) is 6.11. The topological polar surface area (TPSA) is 48.1 Å². The molecule has 0 spiro atoms. The van der Waals surface area contributed by atoms with Crippen molar-refractivity contribution >= 4 is 11.3 Å². The summed E-state index contributed by atoms with van der Waals surface area (Å²) >= 11 is 1.70. The quantitative estimate of drug-likeness (QED) is 0.820. The van der Waals surface area contributed by atoms with Crippen molar-refractivity contribution < 1.29 is 4.74 Å². The Kier molecular flexibility index (Phi) is 2.38. The van der Waals surface area contributed by atoms with E-state index in [4.69, 9.17) is 10.5 Å². The Balaban J connectivity index is 2.20. The van der Waals surface area contributed by atoms with Crippen LogP contribution < -0.4 is 10.5 Å². The fraction of sp³-hybridized carbons (Fsp3) is 0.250. The molecule has 3 rings (SSSR count). The summed E-state index contributed by atoms with van der Waals surface area (Å²) in [7, 11) is 0. The molecular weight excluding hydrogens is 220 g/mol. The largest absolute Gasteiger partial charge is 0.493 e. The number of rotatable bonds is 1. The van der Waals surface area contributed by atoms with Crippen molar-refractivity contribution in [2.75, 3.05) is 6.61 Å². The minimum atomic E-state index is 0.515.